The molecule has 2 aromatic rings. The second-order valence-electron chi connectivity index (χ2n) is 7.65. The lowest BCUT2D eigenvalue weighted by molar-refractivity contribution is -0.133. The number of hydrogen-bond acceptors (Lipinski definition) is 6. The van der Waals surface area contributed by atoms with E-state index in [1.807, 2.05) is 17.2 Å². The molecule has 30 heavy (non-hydrogen) atoms. The van der Waals surface area contributed by atoms with E-state index in [1.54, 1.807) is 24.3 Å². The number of thiazole rings is 1. The number of imide groups is 1. The minimum atomic E-state index is -0.886. The number of amides is 4. The summed E-state index contributed by atoms with van der Waals surface area (Å²) >= 11 is 7.29. The normalized spacial score (nSPS) is 18.7. The predicted octanol–water partition coefficient (Wildman–Crippen LogP) is 2.63. The molecule has 0 aliphatic carbocycles. The molecule has 158 valence electrons. The molecular formula is C20H22ClN5O3S. The minimum Gasteiger partial charge on any atom is -0.323 e. The van der Waals surface area contributed by atoms with E-state index in [4.69, 9.17) is 11.6 Å². The summed E-state index contributed by atoms with van der Waals surface area (Å²) in [6, 6.07) is 6.71. The Morgan fingerprint density at radius 3 is 2.60 bits per heavy atom. The van der Waals surface area contributed by atoms with E-state index in [0.29, 0.717) is 36.1 Å². The van der Waals surface area contributed by atoms with Crippen LogP contribution in [0.4, 0.5) is 9.93 Å². The fraction of sp³-hybridized carbons (Fsp3) is 0.400. The summed E-state index contributed by atoms with van der Waals surface area (Å²) in [5, 5.41) is 8.76. The zero-order chi connectivity index (χ0) is 21.3. The van der Waals surface area contributed by atoms with Gasteiger partial charge in [-0.25, -0.2) is 9.78 Å². The number of anilines is 1. The Morgan fingerprint density at radius 1 is 1.27 bits per heavy atom. The zero-order valence-electron chi connectivity index (χ0n) is 16.5. The Balaban J connectivity index is 1.33. The monoisotopic (exact) mass is 447 g/mol. The second kappa shape index (κ2) is 8.33. The summed E-state index contributed by atoms with van der Waals surface area (Å²) in [7, 11) is 0. The lowest BCUT2D eigenvalue weighted by Crippen LogP contribution is -2.55. The van der Waals surface area contributed by atoms with E-state index in [1.165, 1.54) is 16.2 Å². The number of urea groups is 1. The number of nitrogens with one attached hydrogen (secondary N) is 2. The fourth-order valence-electron chi connectivity index (χ4n) is 3.80. The average Bonchev–Trinajstić information content (AvgIpc) is 3.21. The number of carbonyl (C=O) groups excluding carboxylic acids is 3. The molecule has 0 radical (unpaired) electrons. The standard InChI is InChI=1S/C20H22ClN5O3S/c1-13-12-30-18(22-13)23-16(27)11-25-8-6-20(7-9-25)17(28)26(19(29)24-20)10-14-2-4-15(21)5-3-14/h2-5,12H,6-11H2,1H3,(H,24,29)(H,22,23,27). The number of carbonyl (C=O) groups is 3. The largest absolute Gasteiger partial charge is 0.325 e. The van der Waals surface area contributed by atoms with Crippen LogP contribution in [0, 0.1) is 6.92 Å². The molecule has 2 fully saturated rings. The zero-order valence-corrected chi connectivity index (χ0v) is 18.1. The van der Waals surface area contributed by atoms with Crippen LogP contribution in [-0.4, -0.2) is 57.8 Å². The maximum atomic E-state index is 13.0. The van der Waals surface area contributed by atoms with Crippen molar-refractivity contribution in [1.29, 1.82) is 0 Å². The average molecular weight is 448 g/mol. The summed E-state index contributed by atoms with van der Waals surface area (Å²) in [5.41, 5.74) is 0.823. The van der Waals surface area contributed by atoms with E-state index in [-0.39, 0.29) is 30.9 Å². The Bertz CT molecular complexity index is 969. The smallest absolute Gasteiger partial charge is 0.323 e. The second-order valence-corrected chi connectivity index (χ2v) is 8.94. The summed E-state index contributed by atoms with van der Waals surface area (Å²) < 4.78 is 0. The summed E-state index contributed by atoms with van der Waals surface area (Å²) in [6.07, 6.45) is 0.941. The molecule has 2 aliphatic heterocycles. The number of hydrogen-bond donors (Lipinski definition) is 2. The van der Waals surface area contributed by atoms with E-state index in [0.717, 1.165) is 11.3 Å². The number of piperidine rings is 1. The SMILES string of the molecule is Cc1csc(NC(=O)CN2CCC3(CC2)NC(=O)N(Cc2ccc(Cl)cc2)C3=O)n1. The van der Waals surface area contributed by atoms with E-state index in [2.05, 4.69) is 15.6 Å². The maximum Gasteiger partial charge on any atom is 0.325 e. The first-order valence-electron chi connectivity index (χ1n) is 9.67. The van der Waals surface area contributed by atoms with Gasteiger partial charge in [0, 0.05) is 23.5 Å². The van der Waals surface area contributed by atoms with Gasteiger partial charge in [-0.1, -0.05) is 23.7 Å². The van der Waals surface area contributed by atoms with Crippen LogP contribution in [0.25, 0.3) is 0 Å². The first kappa shape index (κ1) is 20.8. The molecule has 2 saturated heterocycles. The molecule has 8 nitrogen and oxygen atoms in total. The van der Waals surface area contributed by atoms with E-state index in [9.17, 15) is 14.4 Å². The predicted molar refractivity (Wildman–Crippen MR) is 114 cm³/mol. The van der Waals surface area contributed by atoms with Gasteiger partial charge in [0.1, 0.15) is 5.54 Å². The van der Waals surface area contributed by atoms with Crippen molar-refractivity contribution in [1.82, 2.24) is 20.1 Å². The number of aromatic nitrogens is 1. The summed E-state index contributed by atoms with van der Waals surface area (Å²) in [4.78, 5) is 45.3. The van der Waals surface area contributed by atoms with Crippen LogP contribution in [-0.2, 0) is 16.1 Å². The number of likely N-dealkylation sites (tertiary alicyclic amines) is 1. The van der Waals surface area contributed by atoms with Crippen molar-refractivity contribution < 1.29 is 14.4 Å². The van der Waals surface area contributed by atoms with Crippen LogP contribution < -0.4 is 10.6 Å². The van der Waals surface area contributed by atoms with Crippen molar-refractivity contribution in [2.45, 2.75) is 31.8 Å². The van der Waals surface area contributed by atoms with Crippen LogP contribution in [0.3, 0.4) is 0 Å². The van der Waals surface area contributed by atoms with Gasteiger partial charge in [-0.2, -0.15) is 0 Å². The molecule has 0 saturated carbocycles. The Hall–Kier alpha value is -2.49. The van der Waals surface area contributed by atoms with Crippen LogP contribution in [0.1, 0.15) is 24.1 Å². The highest BCUT2D eigenvalue weighted by Crippen LogP contribution is 2.30. The third-order valence-electron chi connectivity index (χ3n) is 5.44. The third-order valence-corrected chi connectivity index (χ3v) is 6.57. The quantitative estimate of drug-likeness (QED) is 0.687. The van der Waals surface area contributed by atoms with Gasteiger partial charge in [0.05, 0.1) is 18.8 Å². The number of nitrogens with zero attached hydrogens (tertiary/aromatic N) is 3. The highest BCUT2D eigenvalue weighted by Gasteiger charge is 2.52. The molecule has 3 heterocycles. The van der Waals surface area contributed by atoms with Crippen molar-refractivity contribution in [2.24, 2.45) is 0 Å². The number of aryl methyl sites for hydroxylation is 1. The summed E-state index contributed by atoms with van der Waals surface area (Å²) in [6.45, 7) is 3.41. The van der Waals surface area contributed by atoms with Crippen molar-refractivity contribution >= 4 is 45.9 Å². The van der Waals surface area contributed by atoms with Crippen LogP contribution in [0.15, 0.2) is 29.6 Å². The van der Waals surface area contributed by atoms with Gasteiger partial charge in [-0.15, -0.1) is 11.3 Å². The van der Waals surface area contributed by atoms with Crippen LogP contribution in [0.5, 0.6) is 0 Å². The van der Waals surface area contributed by atoms with Gasteiger partial charge in [0.2, 0.25) is 5.91 Å². The molecule has 0 bridgehead atoms. The maximum absolute atomic E-state index is 13.0. The van der Waals surface area contributed by atoms with Gasteiger partial charge in [-0.3, -0.25) is 19.4 Å². The van der Waals surface area contributed by atoms with Gasteiger partial charge in [0.15, 0.2) is 5.13 Å². The first-order chi connectivity index (χ1) is 14.3. The molecule has 2 N–H and O–H groups in total. The van der Waals surface area contributed by atoms with Crippen molar-refractivity contribution in [2.75, 3.05) is 25.0 Å². The molecule has 10 heteroatoms. The highest BCUT2D eigenvalue weighted by molar-refractivity contribution is 7.13. The highest BCUT2D eigenvalue weighted by atomic mass is 35.5. The Kier molecular flexibility index (Phi) is 5.77. The molecular weight excluding hydrogens is 426 g/mol. The van der Waals surface area contributed by atoms with Crippen molar-refractivity contribution in [3.05, 3.63) is 45.9 Å². The molecule has 1 aromatic carbocycles. The lowest BCUT2D eigenvalue weighted by Gasteiger charge is -2.36. The minimum absolute atomic E-state index is 0.133. The molecule has 4 amide bonds. The Morgan fingerprint density at radius 2 is 1.97 bits per heavy atom. The molecule has 1 spiro atoms. The van der Waals surface area contributed by atoms with Gasteiger partial charge in [0.25, 0.3) is 5.91 Å². The number of halogens is 1. The topological polar surface area (TPSA) is 94.6 Å². The number of rotatable bonds is 5. The van der Waals surface area contributed by atoms with Crippen molar-refractivity contribution in [3.63, 3.8) is 0 Å². The lowest BCUT2D eigenvalue weighted by atomic mass is 9.87. The molecule has 2 aliphatic rings. The van der Waals surface area contributed by atoms with Crippen LogP contribution >= 0.6 is 22.9 Å². The third kappa shape index (κ3) is 4.33. The fourth-order valence-corrected chi connectivity index (χ4v) is 4.63. The number of benzene rings is 1. The molecule has 1 aromatic heterocycles. The molecule has 0 unspecified atom stereocenters. The first-order valence-corrected chi connectivity index (χ1v) is 10.9. The summed E-state index contributed by atoms with van der Waals surface area (Å²) in [5.74, 6) is -0.337. The van der Waals surface area contributed by atoms with Crippen LogP contribution in [0.2, 0.25) is 5.02 Å². The van der Waals surface area contributed by atoms with E-state index >= 15 is 0 Å². The van der Waals surface area contributed by atoms with Crippen molar-refractivity contribution in [3.8, 4) is 0 Å². The molecule has 0 atom stereocenters. The molecule has 4 rings (SSSR count). The van der Waals surface area contributed by atoms with Gasteiger partial charge in [-0.05, 0) is 37.5 Å². The van der Waals surface area contributed by atoms with Gasteiger partial charge < -0.3 is 10.6 Å². The Labute approximate surface area is 183 Å². The van der Waals surface area contributed by atoms with E-state index < -0.39 is 5.54 Å². The van der Waals surface area contributed by atoms with Gasteiger partial charge >= 0.3 is 6.03 Å².